The van der Waals surface area contributed by atoms with Crippen molar-refractivity contribution in [1.29, 1.82) is 0 Å². The summed E-state index contributed by atoms with van der Waals surface area (Å²) in [5.41, 5.74) is 0. The molecule has 3 nitrogen and oxygen atoms in total. The summed E-state index contributed by atoms with van der Waals surface area (Å²) < 4.78 is 1.99. The van der Waals surface area contributed by atoms with Crippen LogP contribution in [0.3, 0.4) is 0 Å². The standard InChI is InChI=1S/C12H18N2OS3/c1-2-3-8-16-11-13-14-12(18-11)17-10-7-5-4-6-9(10)15/h10H,2-8H2,1H3. The SMILES string of the molecule is CCCCSc1nnc(SC2CCCCC2=O)s1. The summed E-state index contributed by atoms with van der Waals surface area (Å²) in [5, 5.41) is 8.48. The normalized spacial score (nSPS) is 20.3. The minimum Gasteiger partial charge on any atom is -0.298 e. The van der Waals surface area contributed by atoms with Crippen molar-refractivity contribution in [3.05, 3.63) is 0 Å². The van der Waals surface area contributed by atoms with Crippen LogP contribution in [0.15, 0.2) is 8.68 Å². The van der Waals surface area contributed by atoms with Crippen LogP contribution in [0, 0.1) is 0 Å². The molecule has 1 aliphatic rings. The molecule has 18 heavy (non-hydrogen) atoms. The highest BCUT2D eigenvalue weighted by Crippen LogP contribution is 2.35. The second-order valence-corrected chi connectivity index (χ2v) is 8.12. The molecule has 0 amide bonds. The molecule has 0 bridgehead atoms. The van der Waals surface area contributed by atoms with E-state index in [4.69, 9.17) is 0 Å². The van der Waals surface area contributed by atoms with Crippen LogP contribution >= 0.6 is 34.9 Å². The molecule has 0 N–H and O–H groups in total. The van der Waals surface area contributed by atoms with Gasteiger partial charge >= 0.3 is 0 Å². The van der Waals surface area contributed by atoms with Gasteiger partial charge in [-0.05, 0) is 19.3 Å². The van der Waals surface area contributed by atoms with Crippen molar-refractivity contribution in [2.45, 2.75) is 59.4 Å². The highest BCUT2D eigenvalue weighted by atomic mass is 32.2. The maximum Gasteiger partial charge on any atom is 0.175 e. The molecule has 2 rings (SSSR count). The molecule has 1 unspecified atom stereocenters. The molecule has 1 saturated carbocycles. The average molecular weight is 302 g/mol. The lowest BCUT2D eigenvalue weighted by Gasteiger charge is -2.17. The highest BCUT2D eigenvalue weighted by molar-refractivity contribution is 8.03. The Morgan fingerprint density at radius 1 is 1.33 bits per heavy atom. The van der Waals surface area contributed by atoms with Crippen LogP contribution in [-0.4, -0.2) is 27.0 Å². The molecule has 100 valence electrons. The smallest absolute Gasteiger partial charge is 0.175 e. The van der Waals surface area contributed by atoms with Gasteiger partial charge in [-0.3, -0.25) is 4.79 Å². The third-order valence-electron chi connectivity index (χ3n) is 2.85. The number of carbonyl (C=O) groups excluding carboxylic acids is 1. The summed E-state index contributed by atoms with van der Waals surface area (Å²) in [6, 6.07) is 0. The first kappa shape index (κ1) is 14.3. The van der Waals surface area contributed by atoms with Crippen LogP contribution in [-0.2, 0) is 4.79 Å². The summed E-state index contributed by atoms with van der Waals surface area (Å²) >= 11 is 5.02. The third-order valence-corrected chi connectivity index (χ3v) is 6.40. The number of Topliss-reactive ketones (excluding diaryl/α,β-unsaturated/α-hetero) is 1. The van der Waals surface area contributed by atoms with Crippen molar-refractivity contribution < 1.29 is 4.79 Å². The maximum absolute atomic E-state index is 11.7. The largest absolute Gasteiger partial charge is 0.298 e. The fourth-order valence-electron chi connectivity index (χ4n) is 1.80. The van der Waals surface area contributed by atoms with E-state index in [9.17, 15) is 4.79 Å². The van der Waals surface area contributed by atoms with Crippen molar-refractivity contribution in [2.75, 3.05) is 5.75 Å². The molecule has 0 radical (unpaired) electrons. The number of aromatic nitrogens is 2. The van der Waals surface area contributed by atoms with Crippen molar-refractivity contribution in [2.24, 2.45) is 0 Å². The van der Waals surface area contributed by atoms with Gasteiger partial charge in [-0.1, -0.05) is 54.6 Å². The number of nitrogens with zero attached hydrogens (tertiary/aromatic N) is 2. The van der Waals surface area contributed by atoms with Gasteiger partial charge in [-0.15, -0.1) is 10.2 Å². The summed E-state index contributed by atoms with van der Waals surface area (Å²) in [4.78, 5) is 11.7. The summed E-state index contributed by atoms with van der Waals surface area (Å²) in [7, 11) is 0. The van der Waals surface area contributed by atoms with Gasteiger partial charge in [0.25, 0.3) is 0 Å². The Hall–Kier alpha value is -0.0700. The van der Waals surface area contributed by atoms with E-state index in [1.54, 1.807) is 34.9 Å². The quantitative estimate of drug-likeness (QED) is 0.586. The number of unbranched alkanes of at least 4 members (excludes halogenated alkanes) is 1. The summed E-state index contributed by atoms with van der Waals surface area (Å²) in [5.74, 6) is 1.50. The summed E-state index contributed by atoms with van der Waals surface area (Å²) in [6.07, 6.45) is 6.40. The van der Waals surface area contributed by atoms with E-state index in [1.807, 2.05) is 0 Å². The van der Waals surface area contributed by atoms with Gasteiger partial charge in [0.2, 0.25) is 0 Å². The topological polar surface area (TPSA) is 42.9 Å². The van der Waals surface area contributed by atoms with Gasteiger partial charge in [0.1, 0.15) is 5.78 Å². The third kappa shape index (κ3) is 4.24. The molecule has 1 heterocycles. The van der Waals surface area contributed by atoms with Gasteiger partial charge in [-0.2, -0.15) is 0 Å². The molecule has 6 heteroatoms. The van der Waals surface area contributed by atoms with Gasteiger partial charge in [0.15, 0.2) is 8.68 Å². The molecule has 0 saturated heterocycles. The van der Waals surface area contributed by atoms with Crippen molar-refractivity contribution in [3.63, 3.8) is 0 Å². The number of carbonyl (C=O) groups is 1. The number of ketones is 1. The summed E-state index contributed by atoms with van der Waals surface area (Å²) in [6.45, 7) is 2.19. The second kappa shape index (κ2) is 7.50. The number of hydrogen-bond donors (Lipinski definition) is 0. The lowest BCUT2D eigenvalue weighted by atomic mass is 9.99. The molecular formula is C12H18N2OS3. The molecular weight excluding hydrogens is 284 g/mol. The fraction of sp³-hybridized carbons (Fsp3) is 0.750. The molecule has 0 spiro atoms. The Labute approximate surface area is 121 Å². The van der Waals surface area contributed by atoms with Gasteiger partial charge < -0.3 is 0 Å². The number of rotatable bonds is 6. The maximum atomic E-state index is 11.7. The van der Waals surface area contributed by atoms with Crippen LogP contribution in [0.5, 0.6) is 0 Å². The molecule has 1 aromatic heterocycles. The Morgan fingerprint density at radius 3 is 2.94 bits per heavy atom. The molecule has 1 aliphatic carbocycles. The predicted molar refractivity (Wildman–Crippen MR) is 78.7 cm³/mol. The van der Waals surface area contributed by atoms with Crippen LogP contribution in [0.1, 0.15) is 45.4 Å². The van der Waals surface area contributed by atoms with Crippen molar-refractivity contribution in [1.82, 2.24) is 10.2 Å². The zero-order valence-electron chi connectivity index (χ0n) is 10.6. The predicted octanol–water partition coefficient (Wildman–Crippen LogP) is 4.03. The molecule has 0 aromatic carbocycles. The monoisotopic (exact) mass is 302 g/mol. The lowest BCUT2D eigenvalue weighted by molar-refractivity contribution is -0.119. The van der Waals surface area contributed by atoms with E-state index in [1.165, 1.54) is 19.3 Å². The van der Waals surface area contributed by atoms with Crippen LogP contribution < -0.4 is 0 Å². The van der Waals surface area contributed by atoms with E-state index >= 15 is 0 Å². The van der Waals surface area contributed by atoms with Crippen LogP contribution in [0.2, 0.25) is 0 Å². The Balaban J connectivity index is 1.83. The molecule has 1 atom stereocenters. The van der Waals surface area contributed by atoms with Crippen LogP contribution in [0.25, 0.3) is 0 Å². The zero-order chi connectivity index (χ0) is 12.8. The number of hydrogen-bond acceptors (Lipinski definition) is 6. The Kier molecular flexibility index (Phi) is 5.98. The van der Waals surface area contributed by atoms with Crippen molar-refractivity contribution in [3.8, 4) is 0 Å². The minimum atomic E-state index is 0.125. The fourth-order valence-corrected chi connectivity index (χ4v) is 5.35. The first-order chi connectivity index (χ1) is 8.79. The Bertz CT molecular complexity index is 394. The zero-order valence-corrected chi connectivity index (χ0v) is 13.0. The molecule has 1 aromatic rings. The van der Waals surface area contributed by atoms with E-state index in [0.29, 0.717) is 5.78 Å². The Morgan fingerprint density at radius 2 is 2.17 bits per heavy atom. The van der Waals surface area contributed by atoms with Gasteiger partial charge in [0, 0.05) is 12.2 Å². The lowest BCUT2D eigenvalue weighted by Crippen LogP contribution is -2.21. The minimum absolute atomic E-state index is 0.125. The van der Waals surface area contributed by atoms with Crippen molar-refractivity contribution >= 4 is 40.6 Å². The van der Waals surface area contributed by atoms with E-state index in [2.05, 4.69) is 17.1 Å². The highest BCUT2D eigenvalue weighted by Gasteiger charge is 2.24. The van der Waals surface area contributed by atoms with E-state index < -0.39 is 0 Å². The first-order valence-corrected chi connectivity index (χ1v) is 9.13. The average Bonchev–Trinajstić information content (AvgIpc) is 2.80. The second-order valence-electron chi connectivity index (χ2n) is 4.35. The van der Waals surface area contributed by atoms with Gasteiger partial charge in [-0.25, -0.2) is 0 Å². The molecule has 0 aliphatic heterocycles. The molecule has 1 fully saturated rings. The van der Waals surface area contributed by atoms with Crippen LogP contribution in [0.4, 0.5) is 0 Å². The van der Waals surface area contributed by atoms with E-state index in [-0.39, 0.29) is 5.25 Å². The van der Waals surface area contributed by atoms with Gasteiger partial charge in [0.05, 0.1) is 5.25 Å². The van der Waals surface area contributed by atoms with E-state index in [0.717, 1.165) is 33.7 Å². The first-order valence-electron chi connectivity index (χ1n) is 6.45. The number of thioether (sulfide) groups is 2.